The largest absolute Gasteiger partial charge is 0.360 e. The summed E-state index contributed by atoms with van der Waals surface area (Å²) in [5, 5.41) is 4.53. The highest BCUT2D eigenvalue weighted by atomic mass is 35.5. The van der Waals surface area contributed by atoms with Gasteiger partial charge in [-0.25, -0.2) is 8.42 Å². The summed E-state index contributed by atoms with van der Waals surface area (Å²) in [6.45, 7) is 1.99. The average molecular weight is 375 g/mol. The molecule has 1 aliphatic heterocycles. The lowest BCUT2D eigenvalue weighted by Gasteiger charge is -2.23. The van der Waals surface area contributed by atoms with Crippen LogP contribution in [0.3, 0.4) is 0 Å². The van der Waals surface area contributed by atoms with Gasteiger partial charge in [0.25, 0.3) is 0 Å². The highest BCUT2D eigenvalue weighted by Crippen LogP contribution is 2.35. The highest BCUT2D eigenvalue weighted by Gasteiger charge is 2.24. The average Bonchev–Trinajstić information content (AvgIpc) is 3.07. The van der Waals surface area contributed by atoms with E-state index >= 15 is 0 Å². The Morgan fingerprint density at radius 3 is 2.56 bits per heavy atom. The minimum Gasteiger partial charge on any atom is -0.360 e. The smallest absolute Gasteiger partial charge is 0.208 e. The lowest BCUT2D eigenvalue weighted by Crippen LogP contribution is -2.26. The van der Waals surface area contributed by atoms with E-state index < -0.39 is 9.84 Å². The third-order valence-electron chi connectivity index (χ3n) is 4.88. The standard InChI is InChI=1S/C19H19ClN2O2S/c20-14-3-1-4-15(11-14)25(23,24)18-12-22-19-16(5-2-6-17(18)19)13-7-9-21-10-8-13/h1-6,11-13,21-22H,7-10H2. The normalized spacial score (nSPS) is 16.4. The molecule has 0 atom stereocenters. The SMILES string of the molecule is O=S(=O)(c1cccc(Cl)c1)c1c[nH]c2c(C3CCNCC3)cccc12. The molecule has 0 bridgehead atoms. The molecule has 2 N–H and O–H groups in total. The molecule has 3 aromatic rings. The molecular weight excluding hydrogens is 356 g/mol. The predicted molar refractivity (Wildman–Crippen MR) is 100 cm³/mol. The number of benzene rings is 2. The number of aromatic nitrogens is 1. The minimum absolute atomic E-state index is 0.216. The summed E-state index contributed by atoms with van der Waals surface area (Å²) in [4.78, 5) is 3.73. The molecule has 0 saturated carbocycles. The van der Waals surface area contributed by atoms with Crippen LogP contribution >= 0.6 is 11.6 Å². The number of hydrogen-bond donors (Lipinski definition) is 2. The Labute approximate surface area is 152 Å². The van der Waals surface area contributed by atoms with Crippen LogP contribution in [0.5, 0.6) is 0 Å². The maximum Gasteiger partial charge on any atom is 0.208 e. The van der Waals surface area contributed by atoms with Gasteiger partial charge in [0.2, 0.25) is 9.84 Å². The highest BCUT2D eigenvalue weighted by molar-refractivity contribution is 7.91. The number of fused-ring (bicyclic) bond motifs is 1. The van der Waals surface area contributed by atoms with Crippen LogP contribution in [-0.2, 0) is 9.84 Å². The first-order valence-electron chi connectivity index (χ1n) is 8.39. The molecule has 1 aromatic heterocycles. The molecule has 1 saturated heterocycles. The van der Waals surface area contributed by atoms with Crippen molar-refractivity contribution in [3.05, 3.63) is 59.2 Å². The van der Waals surface area contributed by atoms with E-state index in [1.54, 1.807) is 24.4 Å². The van der Waals surface area contributed by atoms with Gasteiger partial charge in [-0.05, 0) is 55.6 Å². The molecule has 1 aliphatic rings. The van der Waals surface area contributed by atoms with E-state index in [0.717, 1.165) is 36.8 Å². The second-order valence-electron chi connectivity index (χ2n) is 6.41. The Kier molecular flexibility index (Phi) is 4.31. The number of para-hydroxylation sites is 1. The zero-order valence-corrected chi connectivity index (χ0v) is 15.2. The molecule has 2 heterocycles. The van der Waals surface area contributed by atoms with Crippen LogP contribution in [0.2, 0.25) is 5.02 Å². The molecule has 4 rings (SSSR count). The van der Waals surface area contributed by atoms with Crippen molar-refractivity contribution in [1.82, 2.24) is 10.3 Å². The van der Waals surface area contributed by atoms with E-state index in [9.17, 15) is 8.42 Å². The molecule has 130 valence electrons. The fourth-order valence-electron chi connectivity index (χ4n) is 3.61. The summed E-state index contributed by atoms with van der Waals surface area (Å²) in [5.41, 5.74) is 2.13. The number of rotatable bonds is 3. The van der Waals surface area contributed by atoms with Gasteiger partial charge in [-0.2, -0.15) is 0 Å². The molecule has 0 unspecified atom stereocenters. The zero-order chi connectivity index (χ0) is 17.4. The van der Waals surface area contributed by atoms with Crippen molar-refractivity contribution < 1.29 is 8.42 Å². The van der Waals surface area contributed by atoms with Gasteiger partial charge in [0, 0.05) is 16.6 Å². The van der Waals surface area contributed by atoms with Crippen LogP contribution in [0.25, 0.3) is 10.9 Å². The molecule has 25 heavy (non-hydrogen) atoms. The Morgan fingerprint density at radius 1 is 1.04 bits per heavy atom. The van der Waals surface area contributed by atoms with Gasteiger partial charge in [-0.3, -0.25) is 0 Å². The summed E-state index contributed by atoms with van der Waals surface area (Å²) < 4.78 is 26.1. The second-order valence-corrected chi connectivity index (χ2v) is 8.76. The topological polar surface area (TPSA) is 62.0 Å². The second kappa shape index (κ2) is 6.48. The number of hydrogen-bond acceptors (Lipinski definition) is 3. The number of H-pyrrole nitrogens is 1. The van der Waals surface area contributed by atoms with Crippen molar-refractivity contribution in [1.29, 1.82) is 0 Å². The number of halogens is 1. The molecule has 0 radical (unpaired) electrons. The quantitative estimate of drug-likeness (QED) is 0.724. The first-order chi connectivity index (χ1) is 12.1. The number of aromatic amines is 1. The van der Waals surface area contributed by atoms with Gasteiger partial charge in [-0.15, -0.1) is 0 Å². The first-order valence-corrected chi connectivity index (χ1v) is 10.2. The fourth-order valence-corrected chi connectivity index (χ4v) is 5.33. The van der Waals surface area contributed by atoms with Crippen molar-refractivity contribution >= 4 is 32.3 Å². The lowest BCUT2D eigenvalue weighted by molar-refractivity contribution is 0.462. The molecular formula is C19H19ClN2O2S. The summed E-state index contributed by atoms with van der Waals surface area (Å²) in [6.07, 6.45) is 3.73. The van der Waals surface area contributed by atoms with Crippen molar-refractivity contribution in [2.45, 2.75) is 28.6 Å². The number of sulfone groups is 1. The van der Waals surface area contributed by atoms with E-state index in [0.29, 0.717) is 15.8 Å². The predicted octanol–water partition coefficient (Wildman–Crippen LogP) is 4.12. The van der Waals surface area contributed by atoms with Crippen molar-refractivity contribution in [3.63, 3.8) is 0 Å². The summed E-state index contributed by atoms with van der Waals surface area (Å²) in [7, 11) is -3.62. The van der Waals surface area contributed by atoms with Gasteiger partial charge >= 0.3 is 0 Å². The maximum atomic E-state index is 13.1. The third-order valence-corrected chi connectivity index (χ3v) is 6.91. The van der Waals surface area contributed by atoms with Gasteiger partial charge in [0.1, 0.15) is 0 Å². The van der Waals surface area contributed by atoms with Crippen LogP contribution in [0, 0.1) is 0 Å². The van der Waals surface area contributed by atoms with Gasteiger partial charge in [-0.1, -0.05) is 35.9 Å². The minimum atomic E-state index is -3.62. The van der Waals surface area contributed by atoms with Crippen LogP contribution in [-0.4, -0.2) is 26.5 Å². The molecule has 2 aromatic carbocycles. The molecule has 1 fully saturated rings. The fraction of sp³-hybridized carbons (Fsp3) is 0.263. The van der Waals surface area contributed by atoms with Gasteiger partial charge in [0.15, 0.2) is 0 Å². The first kappa shape index (κ1) is 16.6. The van der Waals surface area contributed by atoms with Crippen LogP contribution in [0.4, 0.5) is 0 Å². The van der Waals surface area contributed by atoms with E-state index in [1.165, 1.54) is 11.6 Å². The van der Waals surface area contributed by atoms with Crippen LogP contribution in [0.1, 0.15) is 24.3 Å². The molecule has 0 spiro atoms. The van der Waals surface area contributed by atoms with Crippen LogP contribution < -0.4 is 5.32 Å². The monoisotopic (exact) mass is 374 g/mol. The zero-order valence-electron chi connectivity index (χ0n) is 13.6. The van der Waals surface area contributed by atoms with Crippen molar-refractivity contribution in [3.8, 4) is 0 Å². The van der Waals surface area contributed by atoms with Crippen molar-refractivity contribution in [2.24, 2.45) is 0 Å². The van der Waals surface area contributed by atoms with Gasteiger partial charge in [0.05, 0.1) is 15.3 Å². The molecule has 4 nitrogen and oxygen atoms in total. The number of piperidine rings is 1. The summed E-state index contributed by atoms with van der Waals surface area (Å²) >= 11 is 5.98. The van der Waals surface area contributed by atoms with Crippen molar-refractivity contribution in [2.75, 3.05) is 13.1 Å². The summed E-state index contributed by atoms with van der Waals surface area (Å²) in [5.74, 6) is 0.449. The Hall–Kier alpha value is -1.82. The van der Waals surface area contributed by atoms with E-state index in [-0.39, 0.29) is 4.90 Å². The number of nitrogens with one attached hydrogen (secondary N) is 2. The van der Waals surface area contributed by atoms with Gasteiger partial charge < -0.3 is 10.3 Å². The molecule has 0 aliphatic carbocycles. The van der Waals surface area contributed by atoms with E-state index in [1.807, 2.05) is 12.1 Å². The Balaban J connectivity index is 1.84. The van der Waals surface area contributed by atoms with E-state index in [2.05, 4.69) is 16.4 Å². The maximum absolute atomic E-state index is 13.1. The Morgan fingerprint density at radius 2 is 1.80 bits per heavy atom. The summed E-state index contributed by atoms with van der Waals surface area (Å²) in [6, 6.07) is 12.3. The molecule has 6 heteroatoms. The molecule has 0 amide bonds. The lowest BCUT2D eigenvalue weighted by atomic mass is 9.89. The van der Waals surface area contributed by atoms with Crippen LogP contribution in [0.15, 0.2) is 58.5 Å². The van der Waals surface area contributed by atoms with E-state index in [4.69, 9.17) is 11.6 Å². The Bertz CT molecular complexity index is 1020. The third kappa shape index (κ3) is 2.97.